The van der Waals surface area contributed by atoms with Crippen molar-refractivity contribution in [1.82, 2.24) is 14.8 Å². The van der Waals surface area contributed by atoms with Crippen molar-refractivity contribution in [2.45, 2.75) is 26.3 Å². The zero-order chi connectivity index (χ0) is 17.3. The Bertz CT molecular complexity index is 766. The van der Waals surface area contributed by atoms with Gasteiger partial charge in [-0.05, 0) is 41.9 Å². The van der Waals surface area contributed by atoms with Crippen LogP contribution in [0.15, 0.2) is 35.1 Å². The van der Waals surface area contributed by atoms with Gasteiger partial charge in [-0.25, -0.2) is 9.67 Å². The largest absolute Gasteiger partial charge is 0.387 e. The van der Waals surface area contributed by atoms with Crippen molar-refractivity contribution < 1.29 is 4.79 Å². The van der Waals surface area contributed by atoms with E-state index in [0.29, 0.717) is 12.2 Å². The third-order valence-corrected chi connectivity index (χ3v) is 4.74. The van der Waals surface area contributed by atoms with Crippen LogP contribution >= 0.6 is 15.9 Å². The number of anilines is 2. The Morgan fingerprint density at radius 2 is 2.21 bits per heavy atom. The number of nitrogens with zero attached hydrogens (tertiary/aromatic N) is 4. The van der Waals surface area contributed by atoms with Crippen molar-refractivity contribution >= 4 is 39.5 Å². The Morgan fingerprint density at radius 3 is 2.83 bits per heavy atom. The maximum Gasteiger partial charge on any atom is 0.235 e. The highest BCUT2D eigenvalue weighted by Gasteiger charge is 2.30. The molecule has 3 heterocycles. The fourth-order valence-electron chi connectivity index (χ4n) is 2.80. The van der Waals surface area contributed by atoms with Gasteiger partial charge in [-0.3, -0.25) is 9.69 Å². The summed E-state index contributed by atoms with van der Waals surface area (Å²) in [4.78, 5) is 19.3. The number of nitrogens with one attached hydrogen (secondary N) is 1. The lowest BCUT2D eigenvalue weighted by Crippen LogP contribution is -2.42. The number of hydrogen-bond acceptors (Lipinski definition) is 4. The molecule has 0 fully saturated rings. The summed E-state index contributed by atoms with van der Waals surface area (Å²) in [7, 11) is 1.84. The number of hydrogen-bond donors (Lipinski definition) is 1. The van der Waals surface area contributed by atoms with E-state index >= 15 is 0 Å². The van der Waals surface area contributed by atoms with E-state index in [1.165, 1.54) is 0 Å². The second kappa shape index (κ2) is 6.76. The molecular formula is C17H20BrN5O. The van der Waals surface area contributed by atoms with Gasteiger partial charge in [-0.2, -0.15) is 5.10 Å². The highest BCUT2D eigenvalue weighted by molar-refractivity contribution is 9.10. The molecule has 2 aromatic rings. The minimum absolute atomic E-state index is 0.0223. The van der Waals surface area contributed by atoms with Crippen LogP contribution in [-0.4, -0.2) is 33.8 Å². The number of aromatic nitrogens is 3. The second-order valence-corrected chi connectivity index (χ2v) is 6.85. The normalized spacial score (nSPS) is 16.1. The third kappa shape index (κ3) is 3.08. The smallest absolute Gasteiger partial charge is 0.235 e. The molecule has 7 heteroatoms. The van der Waals surface area contributed by atoms with Gasteiger partial charge in [0.05, 0.1) is 34.2 Å². The Kier molecular flexibility index (Phi) is 4.71. The van der Waals surface area contributed by atoms with E-state index in [1.807, 2.05) is 45.3 Å². The molecule has 24 heavy (non-hydrogen) atoms. The lowest BCUT2D eigenvalue weighted by atomic mass is 9.98. The highest BCUT2D eigenvalue weighted by atomic mass is 79.9. The summed E-state index contributed by atoms with van der Waals surface area (Å²) in [6.45, 7) is 4.00. The SMILES string of the molecule is CNc1ccc(N(C(=O)C2C=Cn3ncc(Br)c3C2)C(C)C)nc1. The lowest BCUT2D eigenvalue weighted by Gasteiger charge is -2.30. The molecule has 0 saturated carbocycles. The van der Waals surface area contributed by atoms with Gasteiger partial charge in [0, 0.05) is 25.7 Å². The van der Waals surface area contributed by atoms with Gasteiger partial charge in [0.15, 0.2) is 0 Å². The first-order valence-electron chi connectivity index (χ1n) is 7.88. The van der Waals surface area contributed by atoms with Crippen LogP contribution in [0.2, 0.25) is 0 Å². The fourth-order valence-corrected chi connectivity index (χ4v) is 3.24. The van der Waals surface area contributed by atoms with E-state index in [9.17, 15) is 4.79 Å². The molecular weight excluding hydrogens is 370 g/mol. The van der Waals surface area contributed by atoms with Gasteiger partial charge in [-0.15, -0.1) is 0 Å². The summed E-state index contributed by atoms with van der Waals surface area (Å²) in [6.07, 6.45) is 7.87. The van der Waals surface area contributed by atoms with Gasteiger partial charge in [0.1, 0.15) is 5.82 Å². The van der Waals surface area contributed by atoms with E-state index in [4.69, 9.17) is 0 Å². The molecule has 1 unspecified atom stereocenters. The molecule has 0 radical (unpaired) electrons. The van der Waals surface area contributed by atoms with Gasteiger partial charge in [0.2, 0.25) is 5.91 Å². The number of rotatable bonds is 4. The van der Waals surface area contributed by atoms with Crippen LogP contribution < -0.4 is 10.2 Å². The van der Waals surface area contributed by atoms with Crippen molar-refractivity contribution in [2.24, 2.45) is 5.92 Å². The molecule has 0 aliphatic carbocycles. The molecule has 0 bridgehead atoms. The zero-order valence-electron chi connectivity index (χ0n) is 13.9. The molecule has 1 aliphatic rings. The number of carbonyl (C=O) groups is 1. The van der Waals surface area contributed by atoms with Crippen molar-refractivity contribution in [3.05, 3.63) is 40.8 Å². The number of fused-ring (bicyclic) bond motifs is 1. The van der Waals surface area contributed by atoms with E-state index in [0.717, 1.165) is 15.9 Å². The van der Waals surface area contributed by atoms with Crippen LogP contribution in [0.1, 0.15) is 19.5 Å². The zero-order valence-corrected chi connectivity index (χ0v) is 15.5. The Balaban J connectivity index is 1.86. The van der Waals surface area contributed by atoms with E-state index in [2.05, 4.69) is 31.3 Å². The topological polar surface area (TPSA) is 63.1 Å². The minimum atomic E-state index is -0.223. The monoisotopic (exact) mass is 389 g/mol. The molecule has 1 atom stereocenters. The first kappa shape index (κ1) is 16.7. The molecule has 1 aliphatic heterocycles. The van der Waals surface area contributed by atoms with E-state index in [1.54, 1.807) is 22.0 Å². The highest BCUT2D eigenvalue weighted by Crippen LogP contribution is 2.27. The standard InChI is InChI=1S/C17H20BrN5O/c1-11(2)23(16-5-4-13(19-3)9-20-16)17(24)12-6-7-22-15(8-12)14(18)10-21-22/h4-7,9-12,19H,8H2,1-3H3. The number of halogens is 1. The van der Waals surface area contributed by atoms with Crippen LogP contribution in [0.25, 0.3) is 6.20 Å². The fraction of sp³-hybridized carbons (Fsp3) is 0.353. The molecule has 0 saturated heterocycles. The van der Waals surface area contributed by atoms with Crippen LogP contribution in [-0.2, 0) is 11.2 Å². The van der Waals surface area contributed by atoms with Crippen molar-refractivity contribution in [1.29, 1.82) is 0 Å². The predicted molar refractivity (Wildman–Crippen MR) is 98.9 cm³/mol. The first-order chi connectivity index (χ1) is 11.5. The molecule has 1 amide bonds. The lowest BCUT2D eigenvalue weighted by molar-refractivity contribution is -0.121. The Hall–Kier alpha value is -2.15. The van der Waals surface area contributed by atoms with Crippen LogP contribution in [0.3, 0.4) is 0 Å². The molecule has 6 nitrogen and oxygen atoms in total. The van der Waals surface area contributed by atoms with Crippen LogP contribution in [0, 0.1) is 5.92 Å². The molecule has 2 aromatic heterocycles. The van der Waals surface area contributed by atoms with E-state index < -0.39 is 0 Å². The average molecular weight is 390 g/mol. The Labute approximate surface area is 149 Å². The van der Waals surface area contributed by atoms with Crippen molar-refractivity contribution in [2.75, 3.05) is 17.3 Å². The quantitative estimate of drug-likeness (QED) is 0.871. The van der Waals surface area contributed by atoms with Crippen molar-refractivity contribution in [3.8, 4) is 0 Å². The van der Waals surface area contributed by atoms with Crippen LogP contribution in [0.4, 0.5) is 11.5 Å². The van der Waals surface area contributed by atoms with Gasteiger partial charge in [-0.1, -0.05) is 6.08 Å². The number of pyridine rings is 1. The number of carbonyl (C=O) groups excluding carboxylic acids is 1. The summed E-state index contributed by atoms with van der Waals surface area (Å²) >= 11 is 3.49. The van der Waals surface area contributed by atoms with Crippen LogP contribution in [0.5, 0.6) is 0 Å². The number of amides is 1. The molecule has 1 N–H and O–H groups in total. The third-order valence-electron chi connectivity index (χ3n) is 4.07. The average Bonchev–Trinajstić information content (AvgIpc) is 2.96. The summed E-state index contributed by atoms with van der Waals surface area (Å²) in [5.41, 5.74) is 1.93. The van der Waals surface area contributed by atoms with Crippen molar-refractivity contribution in [3.63, 3.8) is 0 Å². The summed E-state index contributed by atoms with van der Waals surface area (Å²) in [5.74, 6) is 0.490. The van der Waals surface area contributed by atoms with Gasteiger partial charge >= 0.3 is 0 Å². The molecule has 3 rings (SSSR count). The van der Waals surface area contributed by atoms with Gasteiger partial charge in [0.25, 0.3) is 0 Å². The summed E-state index contributed by atoms with van der Waals surface area (Å²) < 4.78 is 2.73. The minimum Gasteiger partial charge on any atom is -0.387 e. The van der Waals surface area contributed by atoms with Gasteiger partial charge < -0.3 is 5.32 Å². The Morgan fingerprint density at radius 1 is 1.42 bits per heavy atom. The molecule has 126 valence electrons. The first-order valence-corrected chi connectivity index (χ1v) is 8.67. The maximum atomic E-state index is 13.1. The summed E-state index contributed by atoms with van der Waals surface area (Å²) in [5, 5.41) is 7.28. The second-order valence-electron chi connectivity index (χ2n) is 5.99. The predicted octanol–water partition coefficient (Wildman–Crippen LogP) is 3.17. The van der Waals surface area contributed by atoms with E-state index in [-0.39, 0.29) is 17.9 Å². The summed E-state index contributed by atoms with van der Waals surface area (Å²) in [6, 6.07) is 3.82. The molecule has 0 spiro atoms. The maximum absolute atomic E-state index is 13.1. The molecule has 0 aromatic carbocycles.